The van der Waals surface area contributed by atoms with Crippen molar-refractivity contribution in [3.05, 3.63) is 23.8 Å². The summed E-state index contributed by atoms with van der Waals surface area (Å²) in [4.78, 5) is 39.6. The Balaban J connectivity index is 1.64. The lowest BCUT2D eigenvalue weighted by molar-refractivity contribution is -0.138. The van der Waals surface area contributed by atoms with Gasteiger partial charge in [0.25, 0.3) is 5.91 Å². The molecule has 2 atom stereocenters. The van der Waals surface area contributed by atoms with Crippen molar-refractivity contribution in [3.8, 4) is 5.75 Å². The average Bonchev–Trinajstić information content (AvgIpc) is 2.99. The zero-order chi connectivity index (χ0) is 22.1. The third-order valence-electron chi connectivity index (χ3n) is 5.50. The molecule has 9 nitrogen and oxygen atoms in total. The molecular weight excluding hydrogens is 402 g/mol. The van der Waals surface area contributed by atoms with Crippen molar-refractivity contribution in [1.29, 1.82) is 0 Å². The molecule has 1 unspecified atom stereocenters. The number of carbonyl (C=O) groups excluding carboxylic acids is 3. The second kappa shape index (κ2) is 8.42. The van der Waals surface area contributed by atoms with Gasteiger partial charge < -0.3 is 25.0 Å². The van der Waals surface area contributed by atoms with Crippen LogP contribution in [-0.2, 0) is 9.59 Å². The number of urea groups is 1. The molecule has 0 saturated carbocycles. The minimum absolute atomic E-state index is 0.0412. The number of benzene rings is 1. The maximum atomic E-state index is 13.8. The summed E-state index contributed by atoms with van der Waals surface area (Å²) in [5, 5.41) is 14.3. The molecule has 30 heavy (non-hydrogen) atoms. The molecule has 2 saturated heterocycles. The third kappa shape index (κ3) is 4.16. The zero-order valence-electron chi connectivity index (χ0n) is 16.7. The van der Waals surface area contributed by atoms with E-state index in [4.69, 9.17) is 4.74 Å². The summed E-state index contributed by atoms with van der Waals surface area (Å²) in [5.74, 6) is -4.03. The van der Waals surface area contributed by atoms with E-state index in [0.717, 1.165) is 6.07 Å². The highest BCUT2D eigenvalue weighted by atomic mass is 19.2. The Hall–Kier alpha value is -2.95. The second-order valence-electron chi connectivity index (χ2n) is 7.58. The number of anilines is 1. The van der Waals surface area contributed by atoms with Crippen LogP contribution >= 0.6 is 0 Å². The number of hydrogen-bond donors (Lipinski definition) is 3. The summed E-state index contributed by atoms with van der Waals surface area (Å²) in [6.07, 6.45) is -0.0412. The van der Waals surface area contributed by atoms with Crippen LogP contribution in [0.15, 0.2) is 12.1 Å². The van der Waals surface area contributed by atoms with Gasteiger partial charge in [0.15, 0.2) is 11.6 Å². The van der Waals surface area contributed by atoms with Crippen LogP contribution in [0.25, 0.3) is 0 Å². The lowest BCUT2D eigenvalue weighted by atomic mass is 9.88. The second-order valence-corrected chi connectivity index (χ2v) is 7.58. The number of imide groups is 1. The number of nitrogens with zero attached hydrogens (tertiary/aromatic N) is 2. The van der Waals surface area contributed by atoms with Crippen molar-refractivity contribution < 1.29 is 33.0 Å². The van der Waals surface area contributed by atoms with Gasteiger partial charge in [-0.15, -0.1) is 0 Å². The van der Waals surface area contributed by atoms with Crippen molar-refractivity contribution in [2.45, 2.75) is 18.9 Å². The Morgan fingerprint density at radius 3 is 2.47 bits per heavy atom. The molecule has 3 N–H and O–H groups in total. The maximum absolute atomic E-state index is 13.8. The molecular formula is C19H24F2N4O5. The number of ether oxygens (including phenoxy) is 1. The van der Waals surface area contributed by atoms with Gasteiger partial charge in [0.1, 0.15) is 5.54 Å². The predicted octanol–water partition coefficient (Wildman–Crippen LogP) is 0.219. The fourth-order valence-corrected chi connectivity index (χ4v) is 3.77. The molecule has 0 radical (unpaired) electrons. The first kappa shape index (κ1) is 21.8. The Bertz CT molecular complexity index is 860. The Morgan fingerprint density at radius 2 is 1.93 bits per heavy atom. The number of nitrogens with one attached hydrogen (secondary N) is 2. The number of methoxy groups -OCH3 is 1. The van der Waals surface area contributed by atoms with Crippen LogP contribution in [0.4, 0.5) is 19.3 Å². The zero-order valence-corrected chi connectivity index (χ0v) is 16.7. The van der Waals surface area contributed by atoms with E-state index in [0.29, 0.717) is 31.9 Å². The minimum Gasteiger partial charge on any atom is -0.493 e. The van der Waals surface area contributed by atoms with E-state index < -0.39 is 41.6 Å². The standard InChI is InChI=1S/C19H24F2N4O5/c1-19(17(28)22-18(29)23-19)9-11(10-26)16(27)25-5-3-24(4-6-25)12-7-13(20)15(21)14(8-12)30-2/h7-8,11,26H,3-6,9-10H2,1-2H3,(H2,22,23,28,29)/t11-,19?/m1/s1. The van der Waals surface area contributed by atoms with Crippen LogP contribution in [0.1, 0.15) is 13.3 Å². The van der Waals surface area contributed by atoms with E-state index in [9.17, 15) is 28.3 Å². The van der Waals surface area contributed by atoms with Crippen LogP contribution in [-0.4, -0.2) is 73.3 Å². The molecule has 2 fully saturated rings. The maximum Gasteiger partial charge on any atom is 0.322 e. The van der Waals surface area contributed by atoms with Crippen LogP contribution in [0.2, 0.25) is 0 Å². The largest absolute Gasteiger partial charge is 0.493 e. The summed E-state index contributed by atoms with van der Waals surface area (Å²) in [5.41, 5.74) is -0.834. The van der Waals surface area contributed by atoms with Gasteiger partial charge in [0.05, 0.1) is 19.6 Å². The van der Waals surface area contributed by atoms with Crippen molar-refractivity contribution in [3.63, 3.8) is 0 Å². The summed E-state index contributed by atoms with van der Waals surface area (Å²) in [6.45, 7) is 2.35. The fourth-order valence-electron chi connectivity index (χ4n) is 3.77. The average molecular weight is 426 g/mol. The molecule has 0 spiro atoms. The number of amides is 4. The van der Waals surface area contributed by atoms with E-state index in [1.807, 2.05) is 0 Å². The van der Waals surface area contributed by atoms with Gasteiger partial charge in [-0.3, -0.25) is 14.9 Å². The first-order valence-corrected chi connectivity index (χ1v) is 9.49. The van der Waals surface area contributed by atoms with Crippen LogP contribution in [0.3, 0.4) is 0 Å². The molecule has 2 heterocycles. The molecule has 2 aliphatic heterocycles. The van der Waals surface area contributed by atoms with E-state index in [1.54, 1.807) is 9.80 Å². The van der Waals surface area contributed by atoms with Gasteiger partial charge in [-0.1, -0.05) is 0 Å². The van der Waals surface area contributed by atoms with Gasteiger partial charge in [0.2, 0.25) is 11.7 Å². The molecule has 4 amide bonds. The van der Waals surface area contributed by atoms with Crippen molar-refractivity contribution in [2.75, 3.05) is 44.8 Å². The summed E-state index contributed by atoms with van der Waals surface area (Å²) < 4.78 is 32.3. The number of carbonyl (C=O) groups is 3. The van der Waals surface area contributed by atoms with Crippen molar-refractivity contribution >= 4 is 23.5 Å². The molecule has 0 aromatic heterocycles. The first-order chi connectivity index (χ1) is 14.2. The number of halogens is 2. The highest BCUT2D eigenvalue weighted by Gasteiger charge is 2.45. The van der Waals surface area contributed by atoms with Crippen molar-refractivity contribution in [1.82, 2.24) is 15.5 Å². The number of piperazine rings is 1. The monoisotopic (exact) mass is 426 g/mol. The lowest BCUT2D eigenvalue weighted by Crippen LogP contribution is -2.53. The first-order valence-electron chi connectivity index (χ1n) is 9.49. The number of aliphatic hydroxyl groups excluding tert-OH is 1. The smallest absolute Gasteiger partial charge is 0.322 e. The van der Waals surface area contributed by atoms with E-state index in [2.05, 4.69) is 10.6 Å². The summed E-state index contributed by atoms with van der Waals surface area (Å²) in [7, 11) is 1.25. The highest BCUT2D eigenvalue weighted by molar-refractivity contribution is 6.07. The summed E-state index contributed by atoms with van der Waals surface area (Å²) >= 11 is 0. The van der Waals surface area contributed by atoms with E-state index >= 15 is 0 Å². The van der Waals surface area contributed by atoms with Crippen LogP contribution in [0, 0.1) is 17.6 Å². The number of rotatable bonds is 6. The lowest BCUT2D eigenvalue weighted by Gasteiger charge is -2.38. The van der Waals surface area contributed by atoms with Gasteiger partial charge in [-0.2, -0.15) is 4.39 Å². The topological polar surface area (TPSA) is 111 Å². The molecule has 0 bridgehead atoms. The van der Waals surface area contributed by atoms with Gasteiger partial charge >= 0.3 is 6.03 Å². The quantitative estimate of drug-likeness (QED) is 0.562. The molecule has 1 aromatic carbocycles. The molecule has 11 heteroatoms. The van der Waals surface area contributed by atoms with Gasteiger partial charge in [0, 0.05) is 44.0 Å². The number of hydrogen-bond acceptors (Lipinski definition) is 6. The summed E-state index contributed by atoms with van der Waals surface area (Å²) in [6, 6.07) is 1.84. The predicted molar refractivity (Wildman–Crippen MR) is 102 cm³/mol. The molecule has 2 aliphatic rings. The van der Waals surface area contributed by atoms with Gasteiger partial charge in [-0.05, 0) is 13.3 Å². The SMILES string of the molecule is COc1cc(N2CCN(C(=O)[C@@H](CO)CC3(C)NC(=O)NC3=O)CC2)cc(F)c1F. The molecule has 3 rings (SSSR count). The van der Waals surface area contributed by atoms with E-state index in [1.165, 1.54) is 20.1 Å². The van der Waals surface area contributed by atoms with Crippen molar-refractivity contribution in [2.24, 2.45) is 5.92 Å². The van der Waals surface area contributed by atoms with Crippen LogP contribution < -0.4 is 20.3 Å². The highest BCUT2D eigenvalue weighted by Crippen LogP contribution is 2.28. The Kier molecular flexibility index (Phi) is 6.11. The van der Waals surface area contributed by atoms with E-state index in [-0.39, 0.29) is 18.1 Å². The Labute approximate surface area is 172 Å². The normalized spacial score (nSPS) is 22.6. The molecule has 1 aromatic rings. The Morgan fingerprint density at radius 1 is 1.27 bits per heavy atom. The number of aliphatic hydroxyl groups is 1. The fraction of sp³-hybridized carbons (Fsp3) is 0.526. The van der Waals surface area contributed by atoms with Gasteiger partial charge in [-0.25, -0.2) is 9.18 Å². The molecule has 164 valence electrons. The molecule has 0 aliphatic carbocycles. The van der Waals surface area contributed by atoms with Crippen LogP contribution in [0.5, 0.6) is 5.75 Å². The third-order valence-corrected chi connectivity index (χ3v) is 5.50. The minimum atomic E-state index is -1.27.